The molecule has 1 unspecified atom stereocenters. The third-order valence-electron chi connectivity index (χ3n) is 3.30. The van der Waals surface area contributed by atoms with Crippen LogP contribution in [0.5, 0.6) is 0 Å². The number of rotatable bonds is 5. The highest BCUT2D eigenvalue weighted by molar-refractivity contribution is 5.77. The van der Waals surface area contributed by atoms with Crippen molar-refractivity contribution in [2.24, 2.45) is 5.92 Å². The predicted octanol–water partition coefficient (Wildman–Crippen LogP) is 2.29. The zero-order valence-corrected chi connectivity index (χ0v) is 12.5. The monoisotopic (exact) mass is 288 g/mol. The van der Waals surface area contributed by atoms with Crippen LogP contribution in [-0.2, 0) is 9.53 Å². The van der Waals surface area contributed by atoms with Gasteiger partial charge in [-0.25, -0.2) is 9.78 Å². The fourth-order valence-corrected chi connectivity index (χ4v) is 2.29. The second-order valence-electron chi connectivity index (χ2n) is 5.32. The number of carbonyl (C=O) groups excluding carboxylic acids is 1. The first-order chi connectivity index (χ1) is 10.0. The third kappa shape index (κ3) is 3.21. The molecule has 0 radical (unpaired) electrons. The number of hydrogen-bond acceptors (Lipinski definition) is 5. The Labute approximate surface area is 124 Å². The maximum Gasteiger partial charge on any atom is 0.328 e. The van der Waals surface area contributed by atoms with Gasteiger partial charge in [-0.2, -0.15) is 0 Å². The largest absolute Gasteiger partial charge is 0.467 e. The van der Waals surface area contributed by atoms with Crippen molar-refractivity contribution >= 4 is 11.7 Å². The minimum absolute atomic E-state index is 0.287. The van der Waals surface area contributed by atoms with Crippen molar-refractivity contribution in [3.63, 3.8) is 0 Å². The van der Waals surface area contributed by atoms with Crippen LogP contribution >= 0.6 is 0 Å². The maximum atomic E-state index is 12.1. The Morgan fingerprint density at radius 2 is 2.14 bits per heavy atom. The van der Waals surface area contributed by atoms with Crippen molar-refractivity contribution in [1.82, 2.24) is 14.5 Å². The Morgan fingerprint density at radius 3 is 2.76 bits per heavy atom. The number of methoxy groups -OCH3 is 1. The van der Waals surface area contributed by atoms with Gasteiger partial charge in [0.2, 0.25) is 0 Å². The number of ether oxygens (including phenoxy) is 1. The summed E-state index contributed by atoms with van der Waals surface area (Å²) in [6.07, 6.45) is 7.28. The normalized spacial score (nSPS) is 12.4. The number of nitrogens with zero attached hydrogens (tertiary/aromatic N) is 3. The van der Waals surface area contributed by atoms with E-state index in [0.29, 0.717) is 18.0 Å². The second-order valence-corrected chi connectivity index (χ2v) is 5.32. The number of hydrogen-bond donors (Lipinski definition) is 1. The summed E-state index contributed by atoms with van der Waals surface area (Å²) in [5.41, 5.74) is 8.11. The molecule has 0 aliphatic heterocycles. The van der Waals surface area contributed by atoms with Crippen molar-refractivity contribution in [2.45, 2.75) is 26.3 Å². The van der Waals surface area contributed by atoms with Crippen LogP contribution in [0, 0.1) is 5.92 Å². The van der Waals surface area contributed by atoms with Gasteiger partial charge in [0.25, 0.3) is 0 Å². The van der Waals surface area contributed by atoms with Gasteiger partial charge in [0.05, 0.1) is 25.3 Å². The average Bonchev–Trinajstić information content (AvgIpc) is 2.93. The third-order valence-corrected chi connectivity index (χ3v) is 3.30. The molecule has 0 spiro atoms. The second kappa shape index (κ2) is 6.39. The number of imidazole rings is 1. The summed E-state index contributed by atoms with van der Waals surface area (Å²) < 4.78 is 6.73. The van der Waals surface area contributed by atoms with E-state index in [4.69, 9.17) is 10.5 Å². The van der Waals surface area contributed by atoms with Crippen LogP contribution in [0.3, 0.4) is 0 Å². The lowest BCUT2D eigenvalue weighted by Gasteiger charge is -2.20. The number of aromatic nitrogens is 3. The molecule has 1 atom stereocenters. The predicted molar refractivity (Wildman–Crippen MR) is 80.4 cm³/mol. The minimum atomic E-state index is -0.424. The standard InChI is InChI=1S/C15H20N4O2/c1-10(2)6-13(15(20)21-3)19-9-18-8-14(19)11-7-17-5-4-12(11)16/h4-5,7-10,13H,6H2,1-3H3,(H2,16,17). The molecule has 0 saturated heterocycles. The molecule has 0 saturated carbocycles. The van der Waals surface area contributed by atoms with Crippen molar-refractivity contribution in [3.8, 4) is 11.3 Å². The van der Waals surface area contributed by atoms with Gasteiger partial charge in [0.15, 0.2) is 0 Å². The van der Waals surface area contributed by atoms with E-state index in [9.17, 15) is 4.79 Å². The molecule has 0 aliphatic rings. The Morgan fingerprint density at radius 1 is 1.38 bits per heavy atom. The zero-order chi connectivity index (χ0) is 15.4. The summed E-state index contributed by atoms with van der Waals surface area (Å²) in [5.74, 6) is 0.0565. The van der Waals surface area contributed by atoms with E-state index >= 15 is 0 Å². The van der Waals surface area contributed by atoms with Crippen molar-refractivity contribution in [2.75, 3.05) is 12.8 Å². The first kappa shape index (κ1) is 15.0. The topological polar surface area (TPSA) is 83.0 Å². The van der Waals surface area contributed by atoms with Crippen LogP contribution < -0.4 is 5.73 Å². The van der Waals surface area contributed by atoms with E-state index in [1.807, 2.05) is 0 Å². The van der Waals surface area contributed by atoms with Crippen LogP contribution in [0.25, 0.3) is 11.3 Å². The molecule has 6 nitrogen and oxygen atoms in total. The van der Waals surface area contributed by atoms with Gasteiger partial charge in [-0.1, -0.05) is 13.8 Å². The molecule has 0 bridgehead atoms. The minimum Gasteiger partial charge on any atom is -0.467 e. The van der Waals surface area contributed by atoms with Crippen LogP contribution in [0.4, 0.5) is 5.69 Å². The zero-order valence-electron chi connectivity index (χ0n) is 12.5. The molecule has 0 aromatic carbocycles. The summed E-state index contributed by atoms with van der Waals surface area (Å²) in [4.78, 5) is 20.3. The van der Waals surface area contributed by atoms with Gasteiger partial charge in [0, 0.05) is 23.6 Å². The molecule has 2 heterocycles. The summed E-state index contributed by atoms with van der Waals surface area (Å²) in [7, 11) is 1.39. The van der Waals surface area contributed by atoms with Crippen LogP contribution in [0.2, 0.25) is 0 Å². The SMILES string of the molecule is COC(=O)C(CC(C)C)n1cncc1-c1cnccc1N. The number of pyridine rings is 1. The highest BCUT2D eigenvalue weighted by Crippen LogP contribution is 2.29. The lowest BCUT2D eigenvalue weighted by molar-refractivity contribution is -0.145. The van der Waals surface area contributed by atoms with E-state index < -0.39 is 6.04 Å². The fraction of sp³-hybridized carbons (Fsp3) is 0.400. The van der Waals surface area contributed by atoms with E-state index in [-0.39, 0.29) is 5.97 Å². The number of nitrogens with two attached hydrogens (primary N) is 1. The molecule has 2 rings (SSSR count). The van der Waals surface area contributed by atoms with Gasteiger partial charge in [0.1, 0.15) is 6.04 Å². The first-order valence-electron chi connectivity index (χ1n) is 6.84. The van der Waals surface area contributed by atoms with Crippen LogP contribution in [0.1, 0.15) is 26.3 Å². The number of anilines is 1. The summed E-state index contributed by atoms with van der Waals surface area (Å²) in [5, 5.41) is 0. The molecule has 21 heavy (non-hydrogen) atoms. The lowest BCUT2D eigenvalue weighted by Crippen LogP contribution is -2.23. The molecule has 0 fully saturated rings. The smallest absolute Gasteiger partial charge is 0.328 e. The van der Waals surface area contributed by atoms with E-state index in [1.54, 1.807) is 35.6 Å². The number of esters is 1. The van der Waals surface area contributed by atoms with Gasteiger partial charge in [-0.05, 0) is 18.4 Å². The fourth-order valence-electron chi connectivity index (χ4n) is 2.29. The Kier molecular flexibility index (Phi) is 4.57. The van der Waals surface area contributed by atoms with Crippen molar-refractivity contribution in [3.05, 3.63) is 31.0 Å². The van der Waals surface area contributed by atoms with Crippen LogP contribution in [-0.4, -0.2) is 27.6 Å². The molecule has 2 aromatic rings. The summed E-state index contributed by atoms with van der Waals surface area (Å²) in [6, 6.07) is 1.30. The first-order valence-corrected chi connectivity index (χ1v) is 6.84. The quantitative estimate of drug-likeness (QED) is 0.853. The Bertz CT molecular complexity index is 622. The highest BCUT2D eigenvalue weighted by atomic mass is 16.5. The van der Waals surface area contributed by atoms with E-state index in [0.717, 1.165) is 11.3 Å². The molecule has 2 N–H and O–H groups in total. The molecule has 112 valence electrons. The molecular weight excluding hydrogens is 268 g/mol. The van der Waals surface area contributed by atoms with Gasteiger partial charge < -0.3 is 15.0 Å². The van der Waals surface area contributed by atoms with Crippen molar-refractivity contribution < 1.29 is 9.53 Å². The van der Waals surface area contributed by atoms with Gasteiger partial charge in [-0.3, -0.25) is 4.98 Å². The molecule has 6 heteroatoms. The van der Waals surface area contributed by atoms with Crippen molar-refractivity contribution in [1.29, 1.82) is 0 Å². The maximum absolute atomic E-state index is 12.1. The Balaban J connectivity index is 2.46. The average molecular weight is 288 g/mol. The van der Waals surface area contributed by atoms with E-state index in [2.05, 4.69) is 23.8 Å². The van der Waals surface area contributed by atoms with Gasteiger partial charge >= 0.3 is 5.97 Å². The molecule has 0 amide bonds. The summed E-state index contributed by atoms with van der Waals surface area (Å²) in [6.45, 7) is 4.12. The highest BCUT2D eigenvalue weighted by Gasteiger charge is 2.25. The lowest BCUT2D eigenvalue weighted by atomic mass is 10.0. The molecular formula is C15H20N4O2. The van der Waals surface area contributed by atoms with Gasteiger partial charge in [-0.15, -0.1) is 0 Å². The number of carbonyl (C=O) groups is 1. The molecule has 0 aliphatic carbocycles. The number of nitrogen functional groups attached to an aromatic ring is 1. The van der Waals surface area contributed by atoms with Crippen LogP contribution in [0.15, 0.2) is 31.0 Å². The summed E-state index contributed by atoms with van der Waals surface area (Å²) >= 11 is 0. The molecule has 2 aromatic heterocycles. The Hall–Kier alpha value is -2.37. The van der Waals surface area contributed by atoms with E-state index in [1.165, 1.54) is 7.11 Å².